The zero-order valence-electron chi connectivity index (χ0n) is 19.5. The fourth-order valence-electron chi connectivity index (χ4n) is 3.25. The van der Waals surface area contributed by atoms with Crippen LogP contribution in [0.3, 0.4) is 0 Å². The van der Waals surface area contributed by atoms with E-state index in [1.54, 1.807) is 58.0 Å². The second-order valence-electron chi connectivity index (χ2n) is 7.75. The molecular formula is C24H26ClNO7S. The van der Waals surface area contributed by atoms with Crippen LogP contribution in [0.15, 0.2) is 58.0 Å². The SMILES string of the molecule is COc1cccc(C(=O)OCOc2cc(Cl)c(C)cc2N(C(C)C)S(=O)(=O)c2ccc(C)o2)c1. The maximum atomic E-state index is 13.4. The van der Waals surface area contributed by atoms with E-state index in [9.17, 15) is 13.2 Å². The van der Waals surface area contributed by atoms with E-state index < -0.39 is 28.8 Å². The highest BCUT2D eigenvalue weighted by atomic mass is 35.5. The largest absolute Gasteiger partial charge is 0.497 e. The number of benzene rings is 2. The van der Waals surface area contributed by atoms with E-state index in [0.29, 0.717) is 22.1 Å². The summed E-state index contributed by atoms with van der Waals surface area (Å²) in [5, 5.41) is 0.175. The third-order valence-electron chi connectivity index (χ3n) is 4.89. The summed E-state index contributed by atoms with van der Waals surface area (Å²) in [6.07, 6.45) is 0. The molecule has 8 nitrogen and oxygen atoms in total. The summed E-state index contributed by atoms with van der Waals surface area (Å²) < 4.78 is 49.4. The lowest BCUT2D eigenvalue weighted by molar-refractivity contribution is 0.0155. The molecule has 0 aliphatic rings. The van der Waals surface area contributed by atoms with Gasteiger partial charge in [-0.1, -0.05) is 17.7 Å². The molecule has 0 N–H and O–H groups in total. The summed E-state index contributed by atoms with van der Waals surface area (Å²) in [4.78, 5) is 12.4. The first kappa shape index (κ1) is 25.5. The topological polar surface area (TPSA) is 95.3 Å². The van der Waals surface area contributed by atoms with Crippen LogP contribution < -0.4 is 13.8 Å². The van der Waals surface area contributed by atoms with Crippen molar-refractivity contribution in [3.63, 3.8) is 0 Å². The second kappa shape index (κ2) is 10.4. The molecule has 0 spiro atoms. The number of ether oxygens (including phenoxy) is 3. The molecule has 0 aliphatic heterocycles. The van der Waals surface area contributed by atoms with Crippen LogP contribution in [-0.4, -0.2) is 34.3 Å². The van der Waals surface area contributed by atoms with Crippen molar-refractivity contribution in [2.75, 3.05) is 18.2 Å². The Hall–Kier alpha value is -3.17. The summed E-state index contributed by atoms with van der Waals surface area (Å²) in [6.45, 7) is 6.40. The minimum Gasteiger partial charge on any atom is -0.497 e. The van der Waals surface area contributed by atoms with Crippen LogP contribution >= 0.6 is 11.6 Å². The number of methoxy groups -OCH3 is 1. The van der Waals surface area contributed by atoms with Crippen molar-refractivity contribution in [2.45, 2.75) is 38.8 Å². The molecule has 1 aromatic heterocycles. The minimum absolute atomic E-state index is 0.134. The molecule has 0 saturated heterocycles. The van der Waals surface area contributed by atoms with Crippen molar-refractivity contribution in [1.82, 2.24) is 0 Å². The molecule has 0 radical (unpaired) electrons. The first-order valence-electron chi connectivity index (χ1n) is 10.4. The summed E-state index contributed by atoms with van der Waals surface area (Å²) >= 11 is 6.29. The van der Waals surface area contributed by atoms with Gasteiger partial charge in [-0.3, -0.25) is 4.31 Å². The molecule has 10 heteroatoms. The van der Waals surface area contributed by atoms with E-state index in [-0.39, 0.29) is 22.1 Å². The normalized spacial score (nSPS) is 11.4. The van der Waals surface area contributed by atoms with Gasteiger partial charge in [-0.2, -0.15) is 8.42 Å². The molecule has 0 unspecified atom stereocenters. The Morgan fingerprint density at radius 1 is 1.12 bits per heavy atom. The Labute approximate surface area is 204 Å². The summed E-state index contributed by atoms with van der Waals surface area (Å²) in [5.74, 6) is 0.483. The quantitative estimate of drug-likeness (QED) is 0.284. The molecule has 0 saturated carbocycles. The Balaban J connectivity index is 1.90. The zero-order chi connectivity index (χ0) is 25.0. The summed E-state index contributed by atoms with van der Waals surface area (Å²) in [6, 6.07) is 12.1. The van der Waals surface area contributed by atoms with Gasteiger partial charge in [-0.15, -0.1) is 0 Å². The maximum absolute atomic E-state index is 13.4. The Kier molecular flexibility index (Phi) is 7.78. The molecule has 0 atom stereocenters. The first-order valence-corrected chi connectivity index (χ1v) is 12.2. The number of furan rings is 1. The third-order valence-corrected chi connectivity index (χ3v) is 7.16. The van der Waals surface area contributed by atoms with E-state index in [0.717, 1.165) is 0 Å². The lowest BCUT2D eigenvalue weighted by Gasteiger charge is -2.29. The predicted octanol–water partition coefficient (Wildman–Crippen LogP) is 5.36. The van der Waals surface area contributed by atoms with Gasteiger partial charge in [0.2, 0.25) is 11.9 Å². The molecule has 3 aromatic rings. The zero-order valence-corrected chi connectivity index (χ0v) is 21.1. The van der Waals surface area contributed by atoms with Gasteiger partial charge in [0.1, 0.15) is 17.3 Å². The van der Waals surface area contributed by atoms with Crippen LogP contribution in [0.25, 0.3) is 0 Å². The van der Waals surface area contributed by atoms with Gasteiger partial charge in [0.15, 0.2) is 0 Å². The van der Waals surface area contributed by atoms with Crippen LogP contribution in [-0.2, 0) is 14.8 Å². The van der Waals surface area contributed by atoms with E-state index in [1.807, 2.05) is 0 Å². The third kappa shape index (κ3) is 5.48. The number of anilines is 1. The molecule has 3 rings (SSSR count). The molecule has 0 fully saturated rings. The van der Waals surface area contributed by atoms with Crippen molar-refractivity contribution >= 4 is 33.3 Å². The summed E-state index contributed by atoms with van der Waals surface area (Å²) in [5.41, 5.74) is 1.17. The van der Waals surface area contributed by atoms with Crippen LogP contribution in [0.2, 0.25) is 5.02 Å². The van der Waals surface area contributed by atoms with Crippen molar-refractivity contribution in [2.24, 2.45) is 0 Å². The molecule has 0 aliphatic carbocycles. The summed E-state index contributed by atoms with van der Waals surface area (Å²) in [7, 11) is -2.56. The number of rotatable bonds is 9. The number of sulfonamides is 1. The Morgan fingerprint density at radius 3 is 2.47 bits per heavy atom. The number of aryl methyl sites for hydroxylation is 2. The predicted molar refractivity (Wildman–Crippen MR) is 128 cm³/mol. The highest BCUT2D eigenvalue weighted by molar-refractivity contribution is 7.92. The standard InChI is InChI=1S/C24H26ClNO7S/c1-15(2)26(34(28,29)23-10-9-17(4)33-23)21-11-16(3)20(25)13-22(21)31-14-32-24(27)18-7-6-8-19(12-18)30-5/h6-13,15H,14H2,1-5H3. The lowest BCUT2D eigenvalue weighted by atomic mass is 10.2. The average Bonchev–Trinajstić information content (AvgIpc) is 3.23. The van der Waals surface area contributed by atoms with E-state index >= 15 is 0 Å². The number of hydrogen-bond acceptors (Lipinski definition) is 7. The van der Waals surface area contributed by atoms with Crippen molar-refractivity contribution in [1.29, 1.82) is 0 Å². The number of hydrogen-bond donors (Lipinski definition) is 0. The Bertz CT molecular complexity index is 1280. The monoisotopic (exact) mass is 507 g/mol. The fraction of sp³-hybridized carbons (Fsp3) is 0.292. The van der Waals surface area contributed by atoms with Crippen molar-refractivity contribution in [3.05, 3.63) is 70.4 Å². The number of esters is 1. The van der Waals surface area contributed by atoms with Gasteiger partial charge in [0, 0.05) is 17.1 Å². The van der Waals surface area contributed by atoms with Gasteiger partial charge in [-0.05, 0) is 69.7 Å². The number of nitrogens with zero attached hydrogens (tertiary/aromatic N) is 1. The van der Waals surface area contributed by atoms with E-state index in [4.69, 9.17) is 30.2 Å². The first-order chi connectivity index (χ1) is 16.0. The Morgan fingerprint density at radius 2 is 1.85 bits per heavy atom. The van der Waals surface area contributed by atoms with Gasteiger partial charge < -0.3 is 18.6 Å². The highest BCUT2D eigenvalue weighted by Crippen LogP contribution is 2.38. The van der Waals surface area contributed by atoms with Crippen molar-refractivity contribution in [3.8, 4) is 11.5 Å². The van der Waals surface area contributed by atoms with Gasteiger partial charge in [0.25, 0.3) is 10.0 Å². The van der Waals surface area contributed by atoms with Crippen LogP contribution in [0, 0.1) is 13.8 Å². The fourth-order valence-corrected chi connectivity index (χ4v) is 5.03. The highest BCUT2D eigenvalue weighted by Gasteiger charge is 2.33. The van der Waals surface area contributed by atoms with Gasteiger partial charge in [0.05, 0.1) is 18.4 Å². The molecule has 0 bridgehead atoms. The van der Waals surface area contributed by atoms with E-state index in [1.165, 1.54) is 29.6 Å². The van der Waals surface area contributed by atoms with Crippen LogP contribution in [0.5, 0.6) is 11.5 Å². The number of carbonyl (C=O) groups excluding carboxylic acids is 1. The molecule has 0 amide bonds. The van der Waals surface area contributed by atoms with Crippen LogP contribution in [0.4, 0.5) is 5.69 Å². The maximum Gasteiger partial charge on any atom is 0.341 e. The van der Waals surface area contributed by atoms with Crippen LogP contribution in [0.1, 0.15) is 35.5 Å². The van der Waals surface area contributed by atoms with Gasteiger partial charge >= 0.3 is 5.97 Å². The average molecular weight is 508 g/mol. The molecule has 182 valence electrons. The molecule has 34 heavy (non-hydrogen) atoms. The second-order valence-corrected chi connectivity index (χ2v) is 9.91. The lowest BCUT2D eigenvalue weighted by Crippen LogP contribution is -2.37. The number of carbonyl (C=O) groups is 1. The molecule has 1 heterocycles. The minimum atomic E-state index is -4.05. The number of halogens is 1. The smallest absolute Gasteiger partial charge is 0.341 e. The van der Waals surface area contributed by atoms with E-state index in [2.05, 4.69) is 0 Å². The van der Waals surface area contributed by atoms with Gasteiger partial charge in [-0.25, -0.2) is 4.79 Å². The van der Waals surface area contributed by atoms with Crippen molar-refractivity contribution < 1.29 is 31.8 Å². The molecule has 2 aromatic carbocycles. The molecular weight excluding hydrogens is 482 g/mol.